The molecule has 1 aromatic heterocycles. The van der Waals surface area contributed by atoms with Gasteiger partial charge >= 0.3 is 0 Å². The van der Waals surface area contributed by atoms with E-state index in [2.05, 4.69) is 11.9 Å². The molecule has 1 amide bonds. The molecule has 0 N–H and O–H groups in total. The van der Waals surface area contributed by atoms with Crippen LogP contribution in [0.5, 0.6) is 0 Å². The first-order valence-corrected chi connectivity index (χ1v) is 7.62. The van der Waals surface area contributed by atoms with Gasteiger partial charge < -0.3 is 4.90 Å². The first kappa shape index (κ1) is 13.5. The Kier molecular flexibility index (Phi) is 4.38. The van der Waals surface area contributed by atoms with Gasteiger partial charge in [-0.05, 0) is 25.7 Å². The first-order valence-electron chi connectivity index (χ1n) is 6.74. The molecule has 1 aliphatic rings. The number of aromatic nitrogens is 1. The van der Waals surface area contributed by atoms with Crippen molar-refractivity contribution >= 4 is 17.2 Å². The van der Waals surface area contributed by atoms with Crippen molar-refractivity contribution in [2.75, 3.05) is 7.05 Å². The van der Waals surface area contributed by atoms with E-state index in [1.165, 1.54) is 19.3 Å². The van der Waals surface area contributed by atoms with Gasteiger partial charge in [-0.1, -0.05) is 19.8 Å². The SMILES string of the molecule is Cc1nc(CC(=O)N(C)[C@@H]2CCCC[C@@H]2C)cs1. The van der Waals surface area contributed by atoms with E-state index >= 15 is 0 Å². The molecular formula is C14H22N2OS. The minimum Gasteiger partial charge on any atom is -0.342 e. The zero-order valence-electron chi connectivity index (χ0n) is 11.5. The molecule has 1 aromatic rings. The van der Waals surface area contributed by atoms with Crippen molar-refractivity contribution in [1.82, 2.24) is 9.88 Å². The Hall–Kier alpha value is -0.900. The van der Waals surface area contributed by atoms with E-state index < -0.39 is 0 Å². The number of amides is 1. The molecule has 0 spiro atoms. The number of carbonyl (C=O) groups is 1. The number of rotatable bonds is 3. The molecule has 1 heterocycles. The van der Waals surface area contributed by atoms with Gasteiger partial charge in [0.2, 0.25) is 5.91 Å². The molecule has 100 valence electrons. The summed E-state index contributed by atoms with van der Waals surface area (Å²) in [5.74, 6) is 0.837. The molecule has 3 nitrogen and oxygen atoms in total. The molecule has 2 rings (SSSR count). The van der Waals surface area contributed by atoms with Crippen LogP contribution in [-0.2, 0) is 11.2 Å². The van der Waals surface area contributed by atoms with Crippen molar-refractivity contribution in [3.05, 3.63) is 16.1 Å². The van der Waals surface area contributed by atoms with Crippen molar-refractivity contribution in [3.8, 4) is 0 Å². The third-order valence-electron chi connectivity index (χ3n) is 3.96. The van der Waals surface area contributed by atoms with Crippen LogP contribution in [0.3, 0.4) is 0 Å². The van der Waals surface area contributed by atoms with Gasteiger partial charge in [-0.3, -0.25) is 4.79 Å². The summed E-state index contributed by atoms with van der Waals surface area (Å²) in [6, 6.07) is 0.422. The summed E-state index contributed by atoms with van der Waals surface area (Å²) in [7, 11) is 1.95. The van der Waals surface area contributed by atoms with Gasteiger partial charge in [-0.15, -0.1) is 11.3 Å². The van der Waals surface area contributed by atoms with E-state index in [-0.39, 0.29) is 5.91 Å². The minimum atomic E-state index is 0.207. The lowest BCUT2D eigenvalue weighted by atomic mass is 9.85. The van der Waals surface area contributed by atoms with Crippen molar-refractivity contribution in [3.63, 3.8) is 0 Å². The summed E-state index contributed by atoms with van der Waals surface area (Å²) < 4.78 is 0. The Bertz CT molecular complexity index is 416. The van der Waals surface area contributed by atoms with Crippen LogP contribution in [0.4, 0.5) is 0 Å². The molecule has 0 bridgehead atoms. The maximum Gasteiger partial charge on any atom is 0.228 e. The second-order valence-electron chi connectivity index (χ2n) is 5.37. The van der Waals surface area contributed by atoms with Crippen LogP contribution in [0, 0.1) is 12.8 Å². The van der Waals surface area contributed by atoms with Crippen LogP contribution < -0.4 is 0 Å². The molecular weight excluding hydrogens is 244 g/mol. The van der Waals surface area contributed by atoms with Crippen LogP contribution >= 0.6 is 11.3 Å². The number of thiazole rings is 1. The van der Waals surface area contributed by atoms with Gasteiger partial charge in [0.1, 0.15) is 0 Å². The molecule has 1 saturated carbocycles. The van der Waals surface area contributed by atoms with Crippen LogP contribution in [0.1, 0.15) is 43.3 Å². The highest BCUT2D eigenvalue weighted by molar-refractivity contribution is 7.09. The molecule has 18 heavy (non-hydrogen) atoms. The van der Waals surface area contributed by atoms with Crippen molar-refractivity contribution in [2.45, 2.75) is 52.0 Å². The molecule has 0 radical (unpaired) electrons. The highest BCUT2D eigenvalue weighted by Crippen LogP contribution is 2.27. The van der Waals surface area contributed by atoms with Crippen LogP contribution in [0.15, 0.2) is 5.38 Å². The fourth-order valence-electron chi connectivity index (χ4n) is 2.83. The largest absolute Gasteiger partial charge is 0.342 e. The predicted octanol–water partition coefficient (Wildman–Crippen LogP) is 3.03. The Morgan fingerprint density at radius 1 is 1.50 bits per heavy atom. The monoisotopic (exact) mass is 266 g/mol. The normalized spacial score (nSPS) is 23.9. The Labute approximate surface area is 113 Å². The Morgan fingerprint density at radius 3 is 2.83 bits per heavy atom. The van der Waals surface area contributed by atoms with E-state index in [0.717, 1.165) is 17.1 Å². The van der Waals surface area contributed by atoms with E-state index in [9.17, 15) is 4.79 Å². The van der Waals surface area contributed by atoms with E-state index in [0.29, 0.717) is 18.4 Å². The van der Waals surface area contributed by atoms with E-state index in [1.807, 2.05) is 24.3 Å². The average molecular weight is 266 g/mol. The van der Waals surface area contributed by atoms with Gasteiger partial charge in [0.05, 0.1) is 17.1 Å². The zero-order valence-corrected chi connectivity index (χ0v) is 12.3. The third kappa shape index (κ3) is 3.10. The number of likely N-dealkylation sites (N-methyl/N-ethyl adjacent to an activating group) is 1. The zero-order chi connectivity index (χ0) is 13.1. The first-order chi connectivity index (χ1) is 8.58. The van der Waals surface area contributed by atoms with Gasteiger partial charge in [0.25, 0.3) is 0 Å². The number of aryl methyl sites for hydroxylation is 1. The minimum absolute atomic E-state index is 0.207. The van der Waals surface area contributed by atoms with E-state index in [4.69, 9.17) is 0 Å². The summed E-state index contributed by atoms with van der Waals surface area (Å²) in [5, 5.41) is 3.03. The molecule has 2 atom stereocenters. The summed E-state index contributed by atoms with van der Waals surface area (Å²) in [4.78, 5) is 18.6. The summed E-state index contributed by atoms with van der Waals surface area (Å²) >= 11 is 1.61. The topological polar surface area (TPSA) is 33.2 Å². The smallest absolute Gasteiger partial charge is 0.228 e. The van der Waals surface area contributed by atoms with Gasteiger partial charge in [-0.25, -0.2) is 4.98 Å². The van der Waals surface area contributed by atoms with Crippen LogP contribution in [0.25, 0.3) is 0 Å². The number of nitrogens with zero attached hydrogens (tertiary/aromatic N) is 2. The molecule has 0 aliphatic heterocycles. The van der Waals surface area contributed by atoms with E-state index in [1.54, 1.807) is 11.3 Å². The average Bonchev–Trinajstić information content (AvgIpc) is 2.74. The lowest BCUT2D eigenvalue weighted by molar-refractivity contribution is -0.132. The molecule has 0 saturated heterocycles. The van der Waals surface area contributed by atoms with Gasteiger partial charge in [-0.2, -0.15) is 0 Å². The third-order valence-corrected chi connectivity index (χ3v) is 4.78. The number of carbonyl (C=O) groups excluding carboxylic acids is 1. The predicted molar refractivity (Wildman–Crippen MR) is 74.7 cm³/mol. The van der Waals surface area contributed by atoms with Crippen LogP contribution in [-0.4, -0.2) is 28.9 Å². The summed E-state index contributed by atoms with van der Waals surface area (Å²) in [6.45, 7) is 4.24. The quantitative estimate of drug-likeness (QED) is 0.842. The van der Waals surface area contributed by atoms with Gasteiger partial charge in [0.15, 0.2) is 0 Å². The highest BCUT2D eigenvalue weighted by Gasteiger charge is 2.27. The second kappa shape index (κ2) is 5.83. The van der Waals surface area contributed by atoms with Crippen molar-refractivity contribution < 1.29 is 4.79 Å². The fraction of sp³-hybridized carbons (Fsp3) is 0.714. The molecule has 0 aromatic carbocycles. The summed E-state index contributed by atoms with van der Waals surface area (Å²) in [6.07, 6.45) is 5.41. The maximum absolute atomic E-state index is 12.3. The molecule has 4 heteroatoms. The number of hydrogen-bond acceptors (Lipinski definition) is 3. The van der Waals surface area contributed by atoms with Crippen LogP contribution in [0.2, 0.25) is 0 Å². The molecule has 1 aliphatic carbocycles. The fourth-order valence-corrected chi connectivity index (χ4v) is 3.44. The standard InChI is InChI=1S/C14H22N2OS/c1-10-6-4-5-7-13(10)16(3)14(17)8-12-9-18-11(2)15-12/h9-10,13H,4-8H2,1-3H3/t10-,13+/m0/s1. The Balaban J connectivity index is 1.95. The lowest BCUT2D eigenvalue weighted by Gasteiger charge is -2.36. The highest BCUT2D eigenvalue weighted by atomic mass is 32.1. The maximum atomic E-state index is 12.3. The lowest BCUT2D eigenvalue weighted by Crippen LogP contribution is -2.43. The Morgan fingerprint density at radius 2 is 2.22 bits per heavy atom. The molecule has 1 fully saturated rings. The number of hydrogen-bond donors (Lipinski definition) is 0. The van der Waals surface area contributed by atoms with Crippen molar-refractivity contribution in [2.24, 2.45) is 5.92 Å². The van der Waals surface area contributed by atoms with Crippen molar-refractivity contribution in [1.29, 1.82) is 0 Å². The molecule has 0 unspecified atom stereocenters. The van der Waals surface area contributed by atoms with Gasteiger partial charge in [0, 0.05) is 18.5 Å². The second-order valence-corrected chi connectivity index (χ2v) is 6.43. The summed E-state index contributed by atoms with van der Waals surface area (Å²) in [5.41, 5.74) is 0.915.